The second-order valence-electron chi connectivity index (χ2n) is 4.45. The van der Waals surface area contributed by atoms with Gasteiger partial charge in [-0.3, -0.25) is 0 Å². The second kappa shape index (κ2) is 5.39. The van der Waals surface area contributed by atoms with Gasteiger partial charge >= 0.3 is 0 Å². The molecule has 0 fully saturated rings. The van der Waals surface area contributed by atoms with E-state index in [9.17, 15) is 8.42 Å². The first-order valence-corrected chi connectivity index (χ1v) is 8.24. The van der Waals surface area contributed by atoms with E-state index in [-0.39, 0.29) is 10.6 Å². The van der Waals surface area contributed by atoms with Crippen molar-refractivity contribution >= 4 is 32.7 Å². The second-order valence-corrected chi connectivity index (χ2v) is 6.92. The third-order valence-electron chi connectivity index (χ3n) is 2.99. The molecule has 0 aliphatic carbocycles. The quantitative estimate of drug-likeness (QED) is 0.829. The number of aryl methyl sites for hydroxylation is 1. The van der Waals surface area contributed by atoms with Gasteiger partial charge in [0, 0.05) is 11.9 Å². The number of sulfonamides is 1. The minimum atomic E-state index is -3.82. The molecule has 108 valence electrons. The van der Waals surface area contributed by atoms with E-state index in [2.05, 4.69) is 4.98 Å². The molecule has 0 radical (unpaired) electrons. The Kier molecular flexibility index (Phi) is 3.98. The summed E-state index contributed by atoms with van der Waals surface area (Å²) in [6.45, 7) is 2.54. The number of hydrogen-bond donors (Lipinski definition) is 2. The molecule has 4 N–H and O–H groups in total. The maximum atomic E-state index is 11.5. The molecule has 0 spiro atoms. The van der Waals surface area contributed by atoms with Gasteiger partial charge in [0.2, 0.25) is 10.0 Å². The van der Waals surface area contributed by atoms with E-state index in [1.54, 1.807) is 29.0 Å². The Balaban J connectivity index is 2.36. The number of primary sulfonamides is 1. The van der Waals surface area contributed by atoms with Crippen LogP contribution in [-0.4, -0.2) is 20.4 Å². The molecule has 0 aliphatic heterocycles. The number of nitrogen functional groups attached to an aromatic ring is 1. The van der Waals surface area contributed by atoms with Crippen LogP contribution in [0.4, 0.5) is 11.4 Å². The lowest BCUT2D eigenvalue weighted by atomic mass is 10.2. The van der Waals surface area contributed by atoms with Gasteiger partial charge in [-0.15, -0.1) is 11.3 Å². The van der Waals surface area contributed by atoms with E-state index in [1.807, 2.05) is 18.9 Å². The van der Waals surface area contributed by atoms with Crippen molar-refractivity contribution in [2.24, 2.45) is 5.14 Å². The monoisotopic (exact) mass is 312 g/mol. The van der Waals surface area contributed by atoms with Gasteiger partial charge < -0.3 is 10.6 Å². The molecule has 0 unspecified atom stereocenters. The first kappa shape index (κ1) is 14.8. The van der Waals surface area contributed by atoms with Crippen LogP contribution in [0.25, 0.3) is 0 Å². The number of aromatic nitrogens is 1. The van der Waals surface area contributed by atoms with E-state index in [1.165, 1.54) is 6.07 Å². The van der Waals surface area contributed by atoms with Crippen LogP contribution in [0.15, 0.2) is 28.6 Å². The highest BCUT2D eigenvalue weighted by molar-refractivity contribution is 7.89. The lowest BCUT2D eigenvalue weighted by Crippen LogP contribution is -2.20. The standard InChI is InChI=1S/C12H16N4O2S2/c1-8-10(19-7-15-8)6-16(2)9-4-3-5-11(12(9)13)20(14,17)18/h3-5,7H,6,13H2,1-2H3,(H2,14,17,18). The van der Waals surface area contributed by atoms with Crippen molar-refractivity contribution < 1.29 is 8.42 Å². The molecule has 0 aliphatic rings. The highest BCUT2D eigenvalue weighted by Gasteiger charge is 2.17. The molecule has 0 bridgehead atoms. The third-order valence-corrected chi connectivity index (χ3v) is 4.88. The number of para-hydroxylation sites is 1. The minimum absolute atomic E-state index is 0.0529. The fourth-order valence-corrected chi connectivity index (χ4v) is 3.40. The van der Waals surface area contributed by atoms with Gasteiger partial charge in [0.1, 0.15) is 4.90 Å². The third kappa shape index (κ3) is 2.92. The minimum Gasteiger partial charge on any atom is -0.396 e. The van der Waals surface area contributed by atoms with E-state index < -0.39 is 10.0 Å². The zero-order chi connectivity index (χ0) is 14.9. The van der Waals surface area contributed by atoms with Gasteiger partial charge in [-0.2, -0.15) is 0 Å². The average Bonchev–Trinajstić information content (AvgIpc) is 2.73. The zero-order valence-corrected chi connectivity index (χ0v) is 12.8. The Bertz CT molecular complexity index is 725. The molecule has 2 rings (SSSR count). The molecule has 0 amide bonds. The van der Waals surface area contributed by atoms with Gasteiger partial charge in [0.25, 0.3) is 0 Å². The lowest BCUT2D eigenvalue weighted by Gasteiger charge is -2.21. The first-order chi connectivity index (χ1) is 9.30. The van der Waals surface area contributed by atoms with Crippen LogP contribution >= 0.6 is 11.3 Å². The largest absolute Gasteiger partial charge is 0.396 e. The topological polar surface area (TPSA) is 102 Å². The van der Waals surface area contributed by atoms with Crippen LogP contribution in [0.3, 0.4) is 0 Å². The lowest BCUT2D eigenvalue weighted by molar-refractivity contribution is 0.598. The summed E-state index contributed by atoms with van der Waals surface area (Å²) in [5, 5.41) is 5.15. The van der Waals surface area contributed by atoms with Crippen LogP contribution in [0.5, 0.6) is 0 Å². The number of hydrogen-bond acceptors (Lipinski definition) is 6. The van der Waals surface area contributed by atoms with Crippen LogP contribution < -0.4 is 15.8 Å². The van der Waals surface area contributed by atoms with Gasteiger partial charge in [-0.1, -0.05) is 6.07 Å². The molecule has 2 aromatic rings. The number of nitrogens with two attached hydrogens (primary N) is 2. The van der Waals surface area contributed by atoms with Gasteiger partial charge in [-0.05, 0) is 19.1 Å². The highest BCUT2D eigenvalue weighted by Crippen LogP contribution is 2.30. The number of benzene rings is 1. The molecule has 8 heteroatoms. The number of rotatable bonds is 4. The molecule has 0 saturated carbocycles. The Labute approximate surface area is 122 Å². The summed E-state index contributed by atoms with van der Waals surface area (Å²) in [7, 11) is -1.98. The Morgan fingerprint density at radius 1 is 1.40 bits per heavy atom. The average molecular weight is 312 g/mol. The van der Waals surface area contributed by atoms with Crippen molar-refractivity contribution in [3.05, 3.63) is 34.3 Å². The van der Waals surface area contributed by atoms with Crippen molar-refractivity contribution in [3.63, 3.8) is 0 Å². The summed E-state index contributed by atoms with van der Waals surface area (Å²) in [6, 6.07) is 4.79. The van der Waals surface area contributed by atoms with Crippen molar-refractivity contribution in [3.8, 4) is 0 Å². The van der Waals surface area contributed by atoms with Gasteiger partial charge in [0.05, 0.1) is 29.1 Å². The summed E-state index contributed by atoms with van der Waals surface area (Å²) in [4.78, 5) is 7.12. The van der Waals surface area contributed by atoms with Crippen LogP contribution in [0.2, 0.25) is 0 Å². The van der Waals surface area contributed by atoms with Crippen molar-refractivity contribution in [1.29, 1.82) is 0 Å². The summed E-state index contributed by atoms with van der Waals surface area (Å²) < 4.78 is 22.9. The van der Waals surface area contributed by atoms with Crippen molar-refractivity contribution in [2.45, 2.75) is 18.4 Å². The Morgan fingerprint density at radius 3 is 2.65 bits per heavy atom. The zero-order valence-electron chi connectivity index (χ0n) is 11.2. The molecule has 1 aromatic heterocycles. The van der Waals surface area contributed by atoms with E-state index >= 15 is 0 Å². The highest BCUT2D eigenvalue weighted by atomic mass is 32.2. The predicted molar refractivity (Wildman–Crippen MR) is 81.2 cm³/mol. The van der Waals surface area contributed by atoms with Crippen LogP contribution in [-0.2, 0) is 16.6 Å². The molecular formula is C12H16N4O2S2. The molecule has 1 aromatic carbocycles. The smallest absolute Gasteiger partial charge is 0.240 e. The molecular weight excluding hydrogens is 296 g/mol. The fourth-order valence-electron chi connectivity index (χ4n) is 1.89. The normalized spacial score (nSPS) is 11.6. The molecule has 1 heterocycles. The summed E-state index contributed by atoms with van der Waals surface area (Å²) in [5.41, 5.74) is 9.46. The maximum Gasteiger partial charge on any atom is 0.240 e. The van der Waals surface area contributed by atoms with Crippen molar-refractivity contribution in [1.82, 2.24) is 4.98 Å². The van der Waals surface area contributed by atoms with E-state index in [0.717, 1.165) is 10.6 Å². The number of nitrogens with zero attached hydrogens (tertiary/aromatic N) is 2. The summed E-state index contributed by atoms with van der Waals surface area (Å²) in [6.07, 6.45) is 0. The molecule has 0 saturated heterocycles. The Morgan fingerprint density at radius 2 is 2.10 bits per heavy atom. The van der Waals surface area contributed by atoms with Crippen LogP contribution in [0, 0.1) is 6.92 Å². The first-order valence-electron chi connectivity index (χ1n) is 5.82. The number of anilines is 2. The van der Waals surface area contributed by atoms with E-state index in [0.29, 0.717) is 12.2 Å². The summed E-state index contributed by atoms with van der Waals surface area (Å²) in [5.74, 6) is 0. The van der Waals surface area contributed by atoms with Crippen LogP contribution in [0.1, 0.15) is 10.6 Å². The maximum absolute atomic E-state index is 11.5. The summed E-state index contributed by atoms with van der Waals surface area (Å²) >= 11 is 1.55. The molecule has 20 heavy (non-hydrogen) atoms. The number of thiazole rings is 1. The molecule has 0 atom stereocenters. The molecule has 6 nitrogen and oxygen atoms in total. The SMILES string of the molecule is Cc1ncsc1CN(C)c1cccc(S(N)(=O)=O)c1N. The predicted octanol–water partition coefficient (Wildman–Crippen LogP) is 1.32. The fraction of sp³-hybridized carbons (Fsp3) is 0.250. The Hall–Kier alpha value is -1.64. The van der Waals surface area contributed by atoms with Gasteiger partial charge in [0.15, 0.2) is 0 Å². The van der Waals surface area contributed by atoms with Crippen molar-refractivity contribution in [2.75, 3.05) is 17.7 Å². The van der Waals surface area contributed by atoms with Gasteiger partial charge in [-0.25, -0.2) is 18.5 Å². The van der Waals surface area contributed by atoms with E-state index in [4.69, 9.17) is 10.9 Å².